The Morgan fingerprint density at radius 1 is 1.12 bits per heavy atom. The van der Waals surface area contributed by atoms with E-state index in [9.17, 15) is 9.59 Å². The summed E-state index contributed by atoms with van der Waals surface area (Å²) < 4.78 is 10.2. The van der Waals surface area contributed by atoms with Crippen molar-refractivity contribution < 1.29 is 19.1 Å². The second kappa shape index (κ2) is 5.32. The summed E-state index contributed by atoms with van der Waals surface area (Å²) in [4.78, 5) is 22.6. The Balaban J connectivity index is 2.37. The van der Waals surface area contributed by atoms with Gasteiger partial charge in [-0.25, -0.2) is 4.79 Å². The van der Waals surface area contributed by atoms with E-state index in [0.717, 1.165) is 25.7 Å². The Morgan fingerprint density at radius 2 is 1.69 bits per heavy atom. The Bertz CT molecular complexity index is 264. The van der Waals surface area contributed by atoms with Crippen LogP contribution in [0.3, 0.4) is 0 Å². The molecule has 0 aromatic carbocycles. The van der Waals surface area contributed by atoms with Gasteiger partial charge in [0.05, 0.1) is 0 Å². The van der Waals surface area contributed by atoms with Gasteiger partial charge in [-0.3, -0.25) is 4.79 Å². The van der Waals surface area contributed by atoms with Crippen LogP contribution in [0.4, 0.5) is 4.79 Å². The highest BCUT2D eigenvalue weighted by atomic mass is 16.7. The molecule has 0 radical (unpaired) electrons. The van der Waals surface area contributed by atoms with Crippen LogP contribution < -0.4 is 0 Å². The fourth-order valence-corrected chi connectivity index (χ4v) is 1.62. The highest BCUT2D eigenvalue weighted by Crippen LogP contribution is 2.21. The molecule has 1 aliphatic carbocycles. The lowest BCUT2D eigenvalue weighted by atomic mass is 9.98. The van der Waals surface area contributed by atoms with E-state index in [-0.39, 0.29) is 11.9 Å². The minimum atomic E-state index is -1.09. The van der Waals surface area contributed by atoms with Crippen molar-refractivity contribution in [3.63, 3.8) is 0 Å². The average Bonchev–Trinajstić information content (AvgIpc) is 2.17. The van der Waals surface area contributed by atoms with Gasteiger partial charge in [0.25, 0.3) is 0 Å². The molecule has 1 aliphatic rings. The van der Waals surface area contributed by atoms with E-state index in [1.165, 1.54) is 13.3 Å². The molecule has 1 saturated carbocycles. The predicted molar refractivity (Wildman–Crippen MR) is 59.2 cm³/mol. The molecule has 0 aliphatic heterocycles. The van der Waals surface area contributed by atoms with Crippen LogP contribution in [0.15, 0.2) is 0 Å². The molecule has 4 nitrogen and oxygen atoms in total. The molecule has 0 bridgehead atoms. The molecule has 1 rings (SSSR count). The van der Waals surface area contributed by atoms with E-state index in [0.29, 0.717) is 0 Å². The number of carbonyl (C=O) groups excluding carboxylic acids is 2. The number of hydrogen-bond donors (Lipinski definition) is 0. The van der Waals surface area contributed by atoms with Gasteiger partial charge in [0.2, 0.25) is 0 Å². The summed E-state index contributed by atoms with van der Waals surface area (Å²) >= 11 is 0. The Labute approximate surface area is 96.3 Å². The molecule has 1 fully saturated rings. The number of Topliss-reactive ketones (excluding diaryl/α,β-unsaturated/α-hetero) is 1. The van der Waals surface area contributed by atoms with Gasteiger partial charge in [0.15, 0.2) is 11.4 Å². The SMILES string of the molecule is CC(=O)C(C)(C)OC(=O)OC1CCCCC1. The Morgan fingerprint density at radius 3 is 2.19 bits per heavy atom. The zero-order valence-electron chi connectivity index (χ0n) is 10.2. The molecule has 0 aromatic heterocycles. The summed E-state index contributed by atoms with van der Waals surface area (Å²) in [5.41, 5.74) is -1.09. The smallest absolute Gasteiger partial charge is 0.431 e. The molecule has 0 amide bonds. The zero-order valence-corrected chi connectivity index (χ0v) is 10.2. The third kappa shape index (κ3) is 3.83. The maximum Gasteiger partial charge on any atom is 0.509 e. The van der Waals surface area contributed by atoms with Crippen LogP contribution in [0.5, 0.6) is 0 Å². The van der Waals surface area contributed by atoms with Crippen LogP contribution in [0.25, 0.3) is 0 Å². The van der Waals surface area contributed by atoms with Crippen LogP contribution in [-0.4, -0.2) is 23.6 Å². The fraction of sp³-hybridized carbons (Fsp3) is 0.833. The van der Waals surface area contributed by atoms with Gasteiger partial charge < -0.3 is 9.47 Å². The molecule has 92 valence electrons. The van der Waals surface area contributed by atoms with Gasteiger partial charge in [-0.2, -0.15) is 0 Å². The molecule has 0 N–H and O–H groups in total. The van der Waals surface area contributed by atoms with Gasteiger partial charge in [-0.05, 0) is 46.5 Å². The van der Waals surface area contributed by atoms with Crippen molar-refractivity contribution in [2.75, 3.05) is 0 Å². The topological polar surface area (TPSA) is 52.6 Å². The van der Waals surface area contributed by atoms with Crippen LogP contribution in [0.2, 0.25) is 0 Å². The van der Waals surface area contributed by atoms with Gasteiger partial charge in [-0.15, -0.1) is 0 Å². The highest BCUT2D eigenvalue weighted by molar-refractivity contribution is 5.85. The van der Waals surface area contributed by atoms with Gasteiger partial charge in [0, 0.05) is 0 Å². The van der Waals surface area contributed by atoms with Gasteiger partial charge >= 0.3 is 6.16 Å². The molecule has 16 heavy (non-hydrogen) atoms. The molecule has 0 unspecified atom stereocenters. The van der Waals surface area contributed by atoms with Crippen LogP contribution in [-0.2, 0) is 14.3 Å². The van der Waals surface area contributed by atoms with Crippen LogP contribution in [0, 0.1) is 0 Å². The third-order valence-electron chi connectivity index (χ3n) is 3.00. The van der Waals surface area contributed by atoms with E-state index in [4.69, 9.17) is 9.47 Å². The number of hydrogen-bond acceptors (Lipinski definition) is 4. The van der Waals surface area contributed by atoms with Gasteiger partial charge in [0.1, 0.15) is 6.10 Å². The summed E-state index contributed by atoms with van der Waals surface area (Å²) in [5, 5.41) is 0. The summed E-state index contributed by atoms with van der Waals surface area (Å²) in [5.74, 6) is -0.187. The lowest BCUT2D eigenvalue weighted by molar-refractivity contribution is -0.135. The molecule has 0 aromatic rings. The molecule has 0 atom stereocenters. The summed E-state index contributed by atoms with van der Waals surface area (Å²) in [6, 6.07) is 0. The Kier molecular flexibility index (Phi) is 4.33. The normalized spacial score (nSPS) is 17.9. The van der Waals surface area contributed by atoms with Crippen molar-refractivity contribution in [2.45, 2.75) is 64.6 Å². The van der Waals surface area contributed by atoms with Crippen LogP contribution in [0.1, 0.15) is 52.9 Å². The number of carbonyl (C=O) groups is 2. The Hall–Kier alpha value is -1.06. The van der Waals surface area contributed by atoms with Crippen LogP contribution >= 0.6 is 0 Å². The van der Waals surface area contributed by atoms with E-state index in [2.05, 4.69) is 0 Å². The lowest BCUT2D eigenvalue weighted by Crippen LogP contribution is -2.37. The van der Waals surface area contributed by atoms with E-state index >= 15 is 0 Å². The van der Waals surface area contributed by atoms with E-state index < -0.39 is 11.8 Å². The summed E-state index contributed by atoms with van der Waals surface area (Å²) in [6.07, 6.45) is 4.41. The maximum absolute atomic E-state index is 11.4. The van der Waals surface area contributed by atoms with Crippen molar-refractivity contribution in [2.24, 2.45) is 0 Å². The highest BCUT2D eigenvalue weighted by Gasteiger charge is 2.30. The monoisotopic (exact) mass is 228 g/mol. The van der Waals surface area contributed by atoms with Crippen molar-refractivity contribution >= 4 is 11.9 Å². The third-order valence-corrected chi connectivity index (χ3v) is 3.00. The molecule has 0 spiro atoms. The van der Waals surface area contributed by atoms with Crippen molar-refractivity contribution in [1.82, 2.24) is 0 Å². The second-order valence-electron chi connectivity index (χ2n) is 4.80. The zero-order chi connectivity index (χ0) is 12.2. The molecule has 0 saturated heterocycles. The first-order valence-electron chi connectivity index (χ1n) is 5.82. The van der Waals surface area contributed by atoms with Crippen molar-refractivity contribution in [3.05, 3.63) is 0 Å². The number of ether oxygens (including phenoxy) is 2. The molecular weight excluding hydrogens is 208 g/mol. The quantitative estimate of drug-likeness (QED) is 0.697. The van der Waals surface area contributed by atoms with Gasteiger partial charge in [-0.1, -0.05) is 6.42 Å². The molecular formula is C12H20O4. The number of rotatable bonds is 3. The van der Waals surface area contributed by atoms with Crippen molar-refractivity contribution in [1.29, 1.82) is 0 Å². The minimum Gasteiger partial charge on any atom is -0.431 e. The first-order chi connectivity index (χ1) is 7.42. The van der Waals surface area contributed by atoms with E-state index in [1.54, 1.807) is 13.8 Å². The fourth-order valence-electron chi connectivity index (χ4n) is 1.62. The molecule has 0 heterocycles. The van der Waals surface area contributed by atoms with Crippen molar-refractivity contribution in [3.8, 4) is 0 Å². The van der Waals surface area contributed by atoms with E-state index in [1.807, 2.05) is 0 Å². The predicted octanol–water partition coefficient (Wildman–Crippen LogP) is 2.84. The first kappa shape index (κ1) is 13.0. The summed E-state index contributed by atoms with van der Waals surface area (Å²) in [6.45, 7) is 4.53. The largest absolute Gasteiger partial charge is 0.509 e. The maximum atomic E-state index is 11.4. The first-order valence-corrected chi connectivity index (χ1v) is 5.82. The number of ketones is 1. The average molecular weight is 228 g/mol. The minimum absolute atomic E-state index is 0.0380. The standard InChI is InChI=1S/C12H20O4/c1-9(13)12(2,3)16-11(14)15-10-7-5-4-6-8-10/h10H,4-8H2,1-3H3. The molecule has 4 heteroatoms. The summed E-state index contributed by atoms with van der Waals surface area (Å²) in [7, 11) is 0. The second-order valence-corrected chi connectivity index (χ2v) is 4.80. The lowest BCUT2D eigenvalue weighted by Gasteiger charge is -2.25.